The average molecular weight is 299 g/mol. The molecule has 0 fully saturated rings. The summed E-state index contributed by atoms with van der Waals surface area (Å²) in [6, 6.07) is 2.67. The van der Waals surface area contributed by atoms with Gasteiger partial charge in [0, 0.05) is 23.5 Å². The van der Waals surface area contributed by atoms with Gasteiger partial charge in [0.1, 0.15) is 12.0 Å². The standard InChI is InChI=1S/C12H14FN3O3S/c1-8(2)10-7-19-16-11(10)6-15-9-3-4-14-12(5-9)20(13,17)18/h3-5,7-8H,6H2,1-2H3,(H,14,15). The molecule has 0 bridgehead atoms. The molecule has 20 heavy (non-hydrogen) atoms. The van der Waals surface area contributed by atoms with Gasteiger partial charge in [-0.1, -0.05) is 22.9 Å². The summed E-state index contributed by atoms with van der Waals surface area (Å²) in [5.41, 5.74) is 2.13. The Hall–Kier alpha value is -1.96. The van der Waals surface area contributed by atoms with Crippen LogP contribution < -0.4 is 5.32 Å². The minimum Gasteiger partial charge on any atom is -0.379 e. The van der Waals surface area contributed by atoms with E-state index in [0.29, 0.717) is 12.2 Å². The molecule has 6 nitrogen and oxygen atoms in total. The molecule has 0 unspecified atom stereocenters. The lowest BCUT2D eigenvalue weighted by Crippen LogP contribution is -2.04. The Kier molecular flexibility index (Phi) is 4.03. The van der Waals surface area contributed by atoms with E-state index in [9.17, 15) is 12.3 Å². The Morgan fingerprint density at radius 3 is 2.85 bits per heavy atom. The van der Waals surface area contributed by atoms with Crippen LogP contribution in [0.4, 0.5) is 9.57 Å². The van der Waals surface area contributed by atoms with Crippen LogP contribution in [0.1, 0.15) is 31.0 Å². The van der Waals surface area contributed by atoms with Crippen molar-refractivity contribution >= 4 is 15.9 Å². The monoisotopic (exact) mass is 299 g/mol. The van der Waals surface area contributed by atoms with Crippen LogP contribution in [0.2, 0.25) is 0 Å². The van der Waals surface area contributed by atoms with Crippen molar-refractivity contribution in [1.82, 2.24) is 10.1 Å². The van der Waals surface area contributed by atoms with Gasteiger partial charge >= 0.3 is 10.2 Å². The number of halogens is 1. The van der Waals surface area contributed by atoms with Crippen molar-refractivity contribution in [3.63, 3.8) is 0 Å². The van der Waals surface area contributed by atoms with Crippen molar-refractivity contribution in [3.05, 3.63) is 35.9 Å². The highest BCUT2D eigenvalue weighted by Crippen LogP contribution is 2.20. The zero-order chi connectivity index (χ0) is 14.8. The van der Waals surface area contributed by atoms with Crippen LogP contribution in [0.25, 0.3) is 0 Å². The molecule has 108 valence electrons. The summed E-state index contributed by atoms with van der Waals surface area (Å²) in [5.74, 6) is 0.261. The van der Waals surface area contributed by atoms with Crippen molar-refractivity contribution in [3.8, 4) is 0 Å². The molecule has 0 amide bonds. The molecule has 0 saturated heterocycles. The molecular weight excluding hydrogens is 285 g/mol. The molecule has 0 radical (unpaired) electrons. The third-order valence-electron chi connectivity index (χ3n) is 2.74. The molecule has 2 heterocycles. The Morgan fingerprint density at radius 2 is 2.20 bits per heavy atom. The molecule has 0 spiro atoms. The normalized spacial score (nSPS) is 11.8. The predicted octanol–water partition coefficient (Wildman–Crippen LogP) is 2.46. The van der Waals surface area contributed by atoms with E-state index in [1.165, 1.54) is 6.20 Å². The Balaban J connectivity index is 2.13. The second-order valence-corrected chi connectivity index (χ2v) is 5.84. The number of nitrogens with zero attached hydrogens (tertiary/aromatic N) is 2. The van der Waals surface area contributed by atoms with Crippen molar-refractivity contribution in [2.24, 2.45) is 0 Å². The Bertz CT molecular complexity index is 697. The second kappa shape index (κ2) is 5.58. The molecule has 0 aromatic carbocycles. The van der Waals surface area contributed by atoms with Crippen LogP contribution in [0.5, 0.6) is 0 Å². The van der Waals surface area contributed by atoms with Crippen LogP contribution in [-0.4, -0.2) is 18.6 Å². The van der Waals surface area contributed by atoms with E-state index in [-0.39, 0.29) is 5.92 Å². The third kappa shape index (κ3) is 3.32. The lowest BCUT2D eigenvalue weighted by atomic mass is 10.0. The number of hydrogen-bond donors (Lipinski definition) is 1. The summed E-state index contributed by atoms with van der Waals surface area (Å²) in [7, 11) is -4.80. The topological polar surface area (TPSA) is 85.1 Å². The molecule has 2 aromatic heterocycles. The molecule has 0 aliphatic rings. The minimum atomic E-state index is -4.80. The maximum Gasteiger partial charge on any atom is 0.349 e. The van der Waals surface area contributed by atoms with Crippen LogP contribution >= 0.6 is 0 Å². The first kappa shape index (κ1) is 14.4. The smallest absolute Gasteiger partial charge is 0.349 e. The minimum absolute atomic E-state index is 0.261. The van der Waals surface area contributed by atoms with Crippen LogP contribution in [0, 0.1) is 0 Å². The van der Waals surface area contributed by atoms with Crippen molar-refractivity contribution in [2.75, 3.05) is 5.32 Å². The van der Waals surface area contributed by atoms with E-state index < -0.39 is 15.2 Å². The zero-order valence-electron chi connectivity index (χ0n) is 11.0. The number of pyridine rings is 1. The van der Waals surface area contributed by atoms with Crippen molar-refractivity contribution < 1.29 is 16.8 Å². The molecular formula is C12H14FN3O3S. The van der Waals surface area contributed by atoms with E-state index in [2.05, 4.69) is 15.5 Å². The van der Waals surface area contributed by atoms with Gasteiger partial charge in [-0.25, -0.2) is 4.98 Å². The van der Waals surface area contributed by atoms with Gasteiger partial charge < -0.3 is 9.84 Å². The molecule has 0 saturated carbocycles. The fraction of sp³-hybridized carbons (Fsp3) is 0.333. The van der Waals surface area contributed by atoms with Crippen LogP contribution in [0.3, 0.4) is 0 Å². The summed E-state index contributed by atoms with van der Waals surface area (Å²) in [4.78, 5) is 3.46. The van der Waals surface area contributed by atoms with Gasteiger partial charge in [0.25, 0.3) is 0 Å². The highest BCUT2D eigenvalue weighted by molar-refractivity contribution is 7.86. The lowest BCUT2D eigenvalue weighted by molar-refractivity contribution is 0.412. The maximum absolute atomic E-state index is 12.8. The molecule has 0 aliphatic heterocycles. The molecule has 2 rings (SSSR count). The first-order valence-electron chi connectivity index (χ1n) is 5.95. The second-order valence-electron chi connectivity index (χ2n) is 4.55. The fourth-order valence-electron chi connectivity index (χ4n) is 1.71. The lowest BCUT2D eigenvalue weighted by Gasteiger charge is -2.07. The Labute approximate surface area is 116 Å². The van der Waals surface area contributed by atoms with Gasteiger partial charge in [-0.05, 0) is 12.0 Å². The molecule has 0 atom stereocenters. The fourth-order valence-corrected chi connectivity index (χ4v) is 2.16. The van der Waals surface area contributed by atoms with Gasteiger partial charge in [0.2, 0.25) is 0 Å². The Morgan fingerprint density at radius 1 is 1.45 bits per heavy atom. The predicted molar refractivity (Wildman–Crippen MR) is 70.4 cm³/mol. The largest absolute Gasteiger partial charge is 0.379 e. The summed E-state index contributed by atoms with van der Waals surface area (Å²) in [5, 5.41) is 6.22. The van der Waals surface area contributed by atoms with E-state index in [4.69, 9.17) is 4.52 Å². The van der Waals surface area contributed by atoms with Gasteiger partial charge in [0.05, 0.1) is 6.54 Å². The van der Waals surface area contributed by atoms with Gasteiger partial charge in [-0.2, -0.15) is 8.42 Å². The number of nitrogens with one attached hydrogen (secondary N) is 1. The average Bonchev–Trinajstić information content (AvgIpc) is 2.84. The first-order valence-corrected chi connectivity index (χ1v) is 7.34. The summed E-state index contributed by atoms with van der Waals surface area (Å²) in [6.45, 7) is 4.37. The van der Waals surface area contributed by atoms with E-state index in [1.807, 2.05) is 13.8 Å². The molecule has 8 heteroatoms. The number of aromatic nitrogens is 2. The maximum atomic E-state index is 12.8. The number of anilines is 1. The number of rotatable bonds is 5. The van der Waals surface area contributed by atoms with E-state index in [0.717, 1.165) is 17.3 Å². The summed E-state index contributed by atoms with van der Waals surface area (Å²) in [6.07, 6.45) is 2.80. The highest BCUT2D eigenvalue weighted by atomic mass is 32.3. The SMILES string of the molecule is CC(C)c1conc1CNc1ccnc(S(=O)(=O)F)c1. The number of hydrogen-bond acceptors (Lipinski definition) is 6. The van der Waals surface area contributed by atoms with Gasteiger partial charge in [-0.15, -0.1) is 0 Å². The summed E-state index contributed by atoms with van der Waals surface area (Å²) >= 11 is 0. The first-order chi connectivity index (χ1) is 9.38. The van der Waals surface area contributed by atoms with Crippen molar-refractivity contribution in [2.45, 2.75) is 31.3 Å². The molecule has 0 aliphatic carbocycles. The molecule has 1 N–H and O–H groups in total. The van der Waals surface area contributed by atoms with Gasteiger partial charge in [0.15, 0.2) is 5.03 Å². The van der Waals surface area contributed by atoms with E-state index in [1.54, 1.807) is 12.3 Å². The summed E-state index contributed by atoms with van der Waals surface area (Å²) < 4.78 is 39.3. The van der Waals surface area contributed by atoms with E-state index >= 15 is 0 Å². The van der Waals surface area contributed by atoms with Crippen LogP contribution in [0.15, 0.2) is 34.1 Å². The van der Waals surface area contributed by atoms with Gasteiger partial charge in [-0.3, -0.25) is 0 Å². The quantitative estimate of drug-likeness (QED) is 0.854. The highest BCUT2D eigenvalue weighted by Gasteiger charge is 2.15. The van der Waals surface area contributed by atoms with Crippen LogP contribution in [-0.2, 0) is 16.8 Å². The third-order valence-corrected chi connectivity index (χ3v) is 3.47. The molecule has 2 aromatic rings. The zero-order valence-corrected chi connectivity index (χ0v) is 11.8. The van der Waals surface area contributed by atoms with Crippen molar-refractivity contribution in [1.29, 1.82) is 0 Å².